The summed E-state index contributed by atoms with van der Waals surface area (Å²) in [6, 6.07) is 8.20. The van der Waals surface area contributed by atoms with Crippen LogP contribution in [0.4, 0.5) is 0 Å². The first-order valence-electron chi connectivity index (χ1n) is 6.77. The van der Waals surface area contributed by atoms with Gasteiger partial charge in [-0.25, -0.2) is 0 Å². The van der Waals surface area contributed by atoms with E-state index < -0.39 is 8.80 Å². The molecule has 3 nitrogen and oxygen atoms in total. The third-order valence-corrected chi connectivity index (χ3v) is 5.18. The SMILES string of the molecule is C=Cc1ccccc1CCO[Si](C)(OCC)OCC. The molecule has 4 heteroatoms. The Hall–Kier alpha value is -0.943. The van der Waals surface area contributed by atoms with Gasteiger partial charge in [-0.2, -0.15) is 0 Å². The fraction of sp³-hybridized carbons (Fsp3) is 0.467. The molecule has 0 atom stereocenters. The molecule has 0 aliphatic rings. The summed E-state index contributed by atoms with van der Waals surface area (Å²) in [4.78, 5) is 0. The average Bonchev–Trinajstić information content (AvgIpc) is 2.40. The van der Waals surface area contributed by atoms with E-state index in [1.807, 2.05) is 38.6 Å². The second-order valence-electron chi connectivity index (χ2n) is 4.23. The van der Waals surface area contributed by atoms with Gasteiger partial charge in [0.2, 0.25) is 0 Å². The van der Waals surface area contributed by atoms with Crippen molar-refractivity contribution in [3.63, 3.8) is 0 Å². The number of hydrogen-bond acceptors (Lipinski definition) is 3. The Morgan fingerprint density at radius 2 is 1.74 bits per heavy atom. The fourth-order valence-corrected chi connectivity index (χ4v) is 3.73. The van der Waals surface area contributed by atoms with Gasteiger partial charge in [0.15, 0.2) is 0 Å². The maximum atomic E-state index is 5.87. The molecule has 0 aliphatic carbocycles. The summed E-state index contributed by atoms with van der Waals surface area (Å²) in [5.41, 5.74) is 2.39. The summed E-state index contributed by atoms with van der Waals surface area (Å²) in [5, 5.41) is 0. The minimum Gasteiger partial charge on any atom is -0.374 e. The van der Waals surface area contributed by atoms with Crippen molar-refractivity contribution in [3.8, 4) is 0 Å². The molecule has 1 rings (SSSR count). The molecule has 0 heterocycles. The Balaban J connectivity index is 2.54. The van der Waals surface area contributed by atoms with Crippen molar-refractivity contribution < 1.29 is 13.3 Å². The summed E-state index contributed by atoms with van der Waals surface area (Å²) in [6.45, 7) is 11.5. The molecule has 0 saturated heterocycles. The van der Waals surface area contributed by atoms with Crippen LogP contribution in [-0.4, -0.2) is 28.6 Å². The lowest BCUT2D eigenvalue weighted by Crippen LogP contribution is -2.43. The van der Waals surface area contributed by atoms with E-state index in [4.69, 9.17) is 13.3 Å². The normalized spacial score (nSPS) is 11.5. The molecule has 0 radical (unpaired) electrons. The Labute approximate surface area is 117 Å². The van der Waals surface area contributed by atoms with Gasteiger partial charge in [0, 0.05) is 26.4 Å². The molecule has 0 bridgehead atoms. The topological polar surface area (TPSA) is 27.7 Å². The highest BCUT2D eigenvalue weighted by atomic mass is 28.4. The Morgan fingerprint density at radius 1 is 1.11 bits per heavy atom. The molecular weight excluding hydrogens is 256 g/mol. The van der Waals surface area contributed by atoms with E-state index in [9.17, 15) is 0 Å². The predicted octanol–water partition coefficient (Wildman–Crippen LogP) is 3.53. The van der Waals surface area contributed by atoms with E-state index in [2.05, 4.69) is 18.7 Å². The number of benzene rings is 1. The highest BCUT2D eigenvalue weighted by Gasteiger charge is 2.33. The van der Waals surface area contributed by atoms with Gasteiger partial charge in [-0.15, -0.1) is 0 Å². The van der Waals surface area contributed by atoms with E-state index >= 15 is 0 Å². The van der Waals surface area contributed by atoms with Crippen LogP contribution in [0.1, 0.15) is 25.0 Å². The molecule has 1 aromatic carbocycles. The molecular formula is C15H24O3Si. The van der Waals surface area contributed by atoms with Crippen molar-refractivity contribution in [1.29, 1.82) is 0 Å². The van der Waals surface area contributed by atoms with Gasteiger partial charge < -0.3 is 13.3 Å². The molecule has 0 amide bonds. The maximum Gasteiger partial charge on any atom is 0.497 e. The quantitative estimate of drug-likeness (QED) is 0.648. The van der Waals surface area contributed by atoms with E-state index in [1.165, 1.54) is 5.56 Å². The first kappa shape index (κ1) is 16.1. The van der Waals surface area contributed by atoms with Crippen molar-refractivity contribution in [3.05, 3.63) is 42.0 Å². The van der Waals surface area contributed by atoms with Crippen molar-refractivity contribution in [1.82, 2.24) is 0 Å². The van der Waals surface area contributed by atoms with Crippen LogP contribution in [0.5, 0.6) is 0 Å². The van der Waals surface area contributed by atoms with Crippen LogP contribution < -0.4 is 0 Å². The van der Waals surface area contributed by atoms with Crippen LogP contribution in [0.3, 0.4) is 0 Å². The molecule has 0 N–H and O–H groups in total. The standard InChI is InChI=1S/C15H24O3Si/c1-5-14-10-8-9-11-15(14)12-13-18-19(4,16-6-2)17-7-3/h5,8-11H,1,6-7,12-13H2,2-4H3. The maximum absolute atomic E-state index is 5.87. The van der Waals surface area contributed by atoms with Gasteiger partial charge >= 0.3 is 8.80 Å². The Morgan fingerprint density at radius 3 is 2.32 bits per heavy atom. The average molecular weight is 280 g/mol. The minimum atomic E-state index is -2.46. The van der Waals surface area contributed by atoms with Crippen molar-refractivity contribution in [2.75, 3.05) is 19.8 Å². The number of hydrogen-bond donors (Lipinski definition) is 0. The number of rotatable bonds is 9. The van der Waals surface area contributed by atoms with Crippen molar-refractivity contribution in [2.24, 2.45) is 0 Å². The van der Waals surface area contributed by atoms with Crippen LogP contribution >= 0.6 is 0 Å². The zero-order valence-corrected chi connectivity index (χ0v) is 13.1. The lowest BCUT2D eigenvalue weighted by molar-refractivity contribution is 0.0748. The van der Waals surface area contributed by atoms with Gasteiger partial charge in [-0.1, -0.05) is 36.9 Å². The van der Waals surface area contributed by atoms with Gasteiger partial charge in [0.1, 0.15) is 0 Å². The first-order chi connectivity index (χ1) is 9.15. The third kappa shape index (κ3) is 5.28. The smallest absolute Gasteiger partial charge is 0.374 e. The monoisotopic (exact) mass is 280 g/mol. The van der Waals surface area contributed by atoms with Crippen LogP contribution in [0, 0.1) is 0 Å². The zero-order valence-electron chi connectivity index (χ0n) is 12.1. The van der Waals surface area contributed by atoms with Crippen molar-refractivity contribution >= 4 is 14.9 Å². The van der Waals surface area contributed by atoms with E-state index in [0.29, 0.717) is 19.8 Å². The van der Waals surface area contributed by atoms with E-state index in [0.717, 1.165) is 12.0 Å². The molecule has 0 unspecified atom stereocenters. The van der Waals surface area contributed by atoms with Gasteiger partial charge in [-0.3, -0.25) is 0 Å². The molecule has 0 aliphatic heterocycles. The van der Waals surface area contributed by atoms with Crippen LogP contribution in [0.2, 0.25) is 6.55 Å². The largest absolute Gasteiger partial charge is 0.497 e. The highest BCUT2D eigenvalue weighted by Crippen LogP contribution is 2.14. The molecule has 0 spiro atoms. The molecule has 106 valence electrons. The summed E-state index contributed by atoms with van der Waals surface area (Å²) in [7, 11) is -2.46. The minimum absolute atomic E-state index is 0.605. The highest BCUT2D eigenvalue weighted by molar-refractivity contribution is 6.59. The van der Waals surface area contributed by atoms with Gasteiger partial charge in [-0.05, 0) is 31.4 Å². The van der Waals surface area contributed by atoms with Gasteiger partial charge in [0.25, 0.3) is 0 Å². The molecule has 19 heavy (non-hydrogen) atoms. The van der Waals surface area contributed by atoms with Crippen molar-refractivity contribution in [2.45, 2.75) is 26.8 Å². The zero-order chi connectivity index (χ0) is 14.1. The van der Waals surface area contributed by atoms with Gasteiger partial charge in [0.05, 0.1) is 0 Å². The lowest BCUT2D eigenvalue weighted by atomic mass is 10.1. The van der Waals surface area contributed by atoms with Crippen LogP contribution in [0.25, 0.3) is 6.08 Å². The molecule has 0 aromatic heterocycles. The van der Waals surface area contributed by atoms with Crippen LogP contribution in [0.15, 0.2) is 30.8 Å². The van der Waals surface area contributed by atoms with Crippen LogP contribution in [-0.2, 0) is 19.7 Å². The Kier molecular flexibility index (Phi) is 7.01. The molecule has 0 saturated carbocycles. The summed E-state index contributed by atoms with van der Waals surface area (Å²) in [6.07, 6.45) is 2.71. The van der Waals surface area contributed by atoms with E-state index in [-0.39, 0.29) is 0 Å². The second kappa shape index (κ2) is 8.27. The fourth-order valence-electron chi connectivity index (χ4n) is 1.96. The summed E-state index contributed by atoms with van der Waals surface area (Å²) >= 11 is 0. The second-order valence-corrected chi connectivity index (χ2v) is 6.82. The molecule has 0 fully saturated rings. The predicted molar refractivity (Wildman–Crippen MR) is 81.1 cm³/mol. The third-order valence-electron chi connectivity index (χ3n) is 2.82. The Bertz CT molecular complexity index is 387. The van der Waals surface area contributed by atoms with E-state index in [1.54, 1.807) is 0 Å². The first-order valence-corrected chi connectivity index (χ1v) is 9.00. The summed E-state index contributed by atoms with van der Waals surface area (Å²) in [5.74, 6) is 0. The lowest BCUT2D eigenvalue weighted by Gasteiger charge is -2.25. The summed E-state index contributed by atoms with van der Waals surface area (Å²) < 4.78 is 17.2. The molecule has 1 aromatic rings.